The van der Waals surface area contributed by atoms with Crippen LogP contribution in [0.25, 0.3) is 0 Å². The molecule has 3 rings (SSSR count). The molecule has 2 aromatic carbocycles. The lowest BCUT2D eigenvalue weighted by molar-refractivity contribution is -0.135. The number of rotatable bonds is 5. The van der Waals surface area contributed by atoms with Crippen molar-refractivity contribution in [2.24, 2.45) is 5.92 Å². The summed E-state index contributed by atoms with van der Waals surface area (Å²) in [7, 11) is 8.06. The van der Waals surface area contributed by atoms with Crippen LogP contribution in [0, 0.1) is 5.92 Å². The Bertz CT molecular complexity index is 805. The second kappa shape index (κ2) is 8.68. The number of piperidine rings is 1. The molecular formula is C24H31N3O2. The van der Waals surface area contributed by atoms with Gasteiger partial charge in [0.15, 0.2) is 0 Å². The minimum atomic E-state index is -0.233. The minimum Gasteiger partial charge on any atom is -0.378 e. The van der Waals surface area contributed by atoms with Crippen molar-refractivity contribution in [2.75, 3.05) is 51.1 Å². The fourth-order valence-corrected chi connectivity index (χ4v) is 4.06. The Balaban J connectivity index is 2.03. The van der Waals surface area contributed by atoms with Crippen molar-refractivity contribution in [3.8, 4) is 0 Å². The van der Waals surface area contributed by atoms with Crippen LogP contribution in [0.3, 0.4) is 0 Å². The van der Waals surface area contributed by atoms with Gasteiger partial charge in [-0.25, -0.2) is 0 Å². The molecule has 5 heteroatoms. The minimum absolute atomic E-state index is 0.0344. The van der Waals surface area contributed by atoms with E-state index in [0.717, 1.165) is 22.5 Å². The van der Waals surface area contributed by atoms with E-state index in [-0.39, 0.29) is 23.5 Å². The van der Waals surface area contributed by atoms with Gasteiger partial charge in [0.25, 0.3) is 0 Å². The van der Waals surface area contributed by atoms with Gasteiger partial charge in [-0.2, -0.15) is 0 Å². The number of ketones is 1. The molecule has 0 spiro atoms. The third-order valence-electron chi connectivity index (χ3n) is 5.84. The summed E-state index contributed by atoms with van der Waals surface area (Å²) in [5.74, 6) is -0.0341. The molecule has 0 saturated carbocycles. The molecule has 1 atom stereocenters. The third-order valence-corrected chi connectivity index (χ3v) is 5.84. The maximum Gasteiger partial charge on any atom is 0.219 e. The molecule has 29 heavy (non-hydrogen) atoms. The van der Waals surface area contributed by atoms with Crippen LogP contribution in [-0.2, 0) is 9.59 Å². The molecule has 0 aromatic heterocycles. The summed E-state index contributed by atoms with van der Waals surface area (Å²) in [5, 5.41) is 0. The molecule has 154 valence electrons. The number of benzene rings is 2. The van der Waals surface area contributed by atoms with Gasteiger partial charge in [0.2, 0.25) is 5.91 Å². The van der Waals surface area contributed by atoms with Crippen LogP contribution in [0.4, 0.5) is 11.4 Å². The maximum absolute atomic E-state index is 12.9. The highest BCUT2D eigenvalue weighted by Gasteiger charge is 2.36. The van der Waals surface area contributed by atoms with Crippen LogP contribution in [0.1, 0.15) is 30.4 Å². The average molecular weight is 394 g/mol. The Morgan fingerprint density at radius 3 is 1.72 bits per heavy atom. The summed E-state index contributed by atoms with van der Waals surface area (Å²) in [5.41, 5.74) is 4.46. The Morgan fingerprint density at radius 2 is 1.34 bits per heavy atom. The van der Waals surface area contributed by atoms with E-state index < -0.39 is 0 Å². The van der Waals surface area contributed by atoms with Crippen LogP contribution in [0.5, 0.6) is 0 Å². The summed E-state index contributed by atoms with van der Waals surface area (Å²) < 4.78 is 0. The molecular weight excluding hydrogens is 362 g/mol. The molecule has 1 fully saturated rings. The van der Waals surface area contributed by atoms with Crippen molar-refractivity contribution < 1.29 is 9.59 Å². The van der Waals surface area contributed by atoms with Crippen LogP contribution in [0.15, 0.2) is 48.5 Å². The first-order valence-corrected chi connectivity index (χ1v) is 10.1. The van der Waals surface area contributed by atoms with E-state index in [1.165, 1.54) is 0 Å². The lowest BCUT2D eigenvalue weighted by Gasteiger charge is -2.36. The lowest BCUT2D eigenvalue weighted by Crippen LogP contribution is -2.45. The zero-order chi connectivity index (χ0) is 21.1. The quantitative estimate of drug-likeness (QED) is 0.781. The first-order chi connectivity index (χ1) is 13.8. The monoisotopic (exact) mass is 393 g/mol. The predicted octanol–water partition coefficient (Wildman–Crippen LogP) is 3.39. The number of hydrogen-bond acceptors (Lipinski definition) is 4. The number of Topliss-reactive ketones (excluding diaryl/α,β-unsaturated/α-hetero) is 1. The Kier molecular flexibility index (Phi) is 6.26. The molecule has 0 bridgehead atoms. The predicted molar refractivity (Wildman–Crippen MR) is 119 cm³/mol. The molecule has 0 unspecified atom stereocenters. The normalized spacial score (nSPS) is 16.8. The first-order valence-electron chi connectivity index (χ1n) is 10.1. The maximum atomic E-state index is 12.9. The molecule has 0 radical (unpaired) electrons. The number of nitrogens with zero attached hydrogens (tertiary/aromatic N) is 3. The van der Waals surface area contributed by atoms with Crippen LogP contribution >= 0.6 is 0 Å². The molecule has 0 aliphatic carbocycles. The SMILES string of the molecule is CC(=O)N1CCC(=O)[C@H](C(c2ccc(N(C)C)cc2)c2ccc(N(C)C)cc2)C1. The van der Waals surface area contributed by atoms with E-state index in [1.807, 2.05) is 28.2 Å². The number of hydrogen-bond donors (Lipinski definition) is 0. The Morgan fingerprint density at radius 1 is 0.897 bits per heavy atom. The van der Waals surface area contributed by atoms with Gasteiger partial charge in [0.1, 0.15) is 5.78 Å². The number of anilines is 2. The standard InChI is InChI=1S/C24H31N3O2/c1-17(28)27-15-14-23(29)22(16-27)24(18-6-10-20(11-7-18)25(2)3)19-8-12-21(13-9-19)26(4)5/h6-13,22,24H,14-16H2,1-5H3/t22-/m1/s1. The number of carbonyl (C=O) groups is 2. The van der Waals surface area contributed by atoms with E-state index >= 15 is 0 Å². The topological polar surface area (TPSA) is 43.9 Å². The highest BCUT2D eigenvalue weighted by atomic mass is 16.2. The summed E-state index contributed by atoms with van der Waals surface area (Å²) in [6, 6.07) is 16.8. The summed E-state index contributed by atoms with van der Waals surface area (Å²) in [4.78, 5) is 30.9. The van der Waals surface area contributed by atoms with E-state index in [0.29, 0.717) is 19.5 Å². The summed E-state index contributed by atoms with van der Waals surface area (Å²) in [6.07, 6.45) is 0.423. The summed E-state index contributed by atoms with van der Waals surface area (Å²) >= 11 is 0. The van der Waals surface area contributed by atoms with Crippen molar-refractivity contribution in [1.29, 1.82) is 0 Å². The van der Waals surface area contributed by atoms with Crippen molar-refractivity contribution in [1.82, 2.24) is 4.90 Å². The van der Waals surface area contributed by atoms with E-state index in [4.69, 9.17) is 0 Å². The van der Waals surface area contributed by atoms with Crippen LogP contribution in [-0.4, -0.2) is 57.9 Å². The Labute approximate surface area is 173 Å². The van der Waals surface area contributed by atoms with E-state index in [2.05, 4.69) is 58.3 Å². The highest BCUT2D eigenvalue weighted by Crippen LogP contribution is 2.37. The second-order valence-electron chi connectivity index (χ2n) is 8.24. The van der Waals surface area contributed by atoms with E-state index in [9.17, 15) is 9.59 Å². The van der Waals surface area contributed by atoms with E-state index in [1.54, 1.807) is 11.8 Å². The molecule has 1 aliphatic heterocycles. The number of likely N-dealkylation sites (tertiary alicyclic amines) is 1. The largest absolute Gasteiger partial charge is 0.378 e. The molecule has 0 N–H and O–H groups in total. The van der Waals surface area contributed by atoms with Gasteiger partial charge in [0, 0.05) is 77.8 Å². The van der Waals surface area contributed by atoms with Gasteiger partial charge in [-0.3, -0.25) is 9.59 Å². The van der Waals surface area contributed by atoms with Crippen molar-refractivity contribution in [3.63, 3.8) is 0 Å². The fraction of sp³-hybridized carbons (Fsp3) is 0.417. The number of carbonyl (C=O) groups excluding carboxylic acids is 2. The fourth-order valence-electron chi connectivity index (χ4n) is 4.06. The number of amides is 1. The van der Waals surface area contributed by atoms with Crippen LogP contribution < -0.4 is 9.80 Å². The smallest absolute Gasteiger partial charge is 0.219 e. The first kappa shape index (κ1) is 20.9. The molecule has 1 saturated heterocycles. The molecule has 5 nitrogen and oxygen atoms in total. The highest BCUT2D eigenvalue weighted by molar-refractivity contribution is 5.86. The van der Waals surface area contributed by atoms with Crippen molar-refractivity contribution in [2.45, 2.75) is 19.3 Å². The van der Waals surface area contributed by atoms with Crippen molar-refractivity contribution >= 4 is 23.1 Å². The Hall–Kier alpha value is -2.82. The van der Waals surface area contributed by atoms with Gasteiger partial charge in [-0.1, -0.05) is 24.3 Å². The zero-order valence-electron chi connectivity index (χ0n) is 18.1. The van der Waals surface area contributed by atoms with Crippen molar-refractivity contribution in [3.05, 3.63) is 59.7 Å². The zero-order valence-corrected chi connectivity index (χ0v) is 18.1. The molecule has 1 heterocycles. The molecule has 1 amide bonds. The second-order valence-corrected chi connectivity index (χ2v) is 8.24. The van der Waals surface area contributed by atoms with Gasteiger partial charge in [-0.15, -0.1) is 0 Å². The van der Waals surface area contributed by atoms with Gasteiger partial charge >= 0.3 is 0 Å². The summed E-state index contributed by atoms with van der Waals surface area (Å²) in [6.45, 7) is 2.58. The van der Waals surface area contributed by atoms with Gasteiger partial charge in [-0.05, 0) is 35.4 Å². The molecule has 1 aliphatic rings. The third kappa shape index (κ3) is 4.61. The van der Waals surface area contributed by atoms with Crippen LogP contribution in [0.2, 0.25) is 0 Å². The average Bonchev–Trinajstić information content (AvgIpc) is 2.70. The van der Waals surface area contributed by atoms with Gasteiger partial charge in [0.05, 0.1) is 0 Å². The van der Waals surface area contributed by atoms with Gasteiger partial charge < -0.3 is 14.7 Å². The lowest BCUT2D eigenvalue weighted by atomic mass is 9.76. The molecule has 2 aromatic rings.